The maximum Gasteiger partial charge on any atom is 0.410 e. The molecule has 7 atom stereocenters. The lowest BCUT2D eigenvalue weighted by Gasteiger charge is -2.46. The molecule has 2 aromatic rings. The first-order chi connectivity index (χ1) is 27.5. The molecule has 21 heteroatoms. The normalized spacial score (nSPS) is 24.6. The van der Waals surface area contributed by atoms with Crippen molar-refractivity contribution in [2.24, 2.45) is 22.6 Å². The van der Waals surface area contributed by atoms with Crippen LogP contribution >= 0.6 is 11.8 Å². The van der Waals surface area contributed by atoms with E-state index in [1.54, 1.807) is 6.92 Å². The largest absolute Gasteiger partial charge is 0.477 e. The van der Waals surface area contributed by atoms with Gasteiger partial charge in [-0.3, -0.25) is 44.5 Å². The number of aliphatic imine (C=N–C) groups is 1. The molecule has 3 amide bonds. The van der Waals surface area contributed by atoms with E-state index < -0.39 is 81.0 Å². The van der Waals surface area contributed by atoms with Crippen LogP contribution in [0.5, 0.6) is 0 Å². The number of amides is 3. The van der Waals surface area contributed by atoms with E-state index >= 15 is 0 Å². The second kappa shape index (κ2) is 17.2. The van der Waals surface area contributed by atoms with E-state index in [0.717, 1.165) is 0 Å². The van der Waals surface area contributed by atoms with Crippen molar-refractivity contribution in [1.82, 2.24) is 14.7 Å². The van der Waals surface area contributed by atoms with Crippen LogP contribution in [0.15, 0.2) is 64.1 Å². The number of carboxylic acids is 1. The summed E-state index contributed by atoms with van der Waals surface area (Å²) in [6.45, 7) is 3.27. The number of carbonyl (C=O) groups excluding carboxylic acids is 4. The van der Waals surface area contributed by atoms with Gasteiger partial charge in [0.1, 0.15) is 37.2 Å². The van der Waals surface area contributed by atoms with Gasteiger partial charge in [-0.05, 0) is 55.2 Å². The zero-order valence-electron chi connectivity index (χ0n) is 31.4. The monoisotopic (exact) mass is 823 g/mol. The number of amidine groups is 1. The third-order valence-corrected chi connectivity index (χ3v) is 12.1. The van der Waals surface area contributed by atoms with E-state index in [9.17, 15) is 54.4 Å². The van der Waals surface area contributed by atoms with E-state index in [4.69, 9.17) is 15.2 Å². The molecular weight excluding hydrogens is 783 g/mol. The summed E-state index contributed by atoms with van der Waals surface area (Å²) in [6, 6.07) is 8.92. The molecular formula is C37H41N7O13S. The van der Waals surface area contributed by atoms with Crippen molar-refractivity contribution in [3.05, 3.63) is 90.5 Å². The predicted octanol–water partition coefficient (Wildman–Crippen LogP) is 2.56. The number of hydrogen-bond acceptors (Lipinski definition) is 14. The van der Waals surface area contributed by atoms with Gasteiger partial charge in [0.05, 0.1) is 34.0 Å². The van der Waals surface area contributed by atoms with Gasteiger partial charge in [-0.25, -0.2) is 9.59 Å². The van der Waals surface area contributed by atoms with Crippen molar-refractivity contribution in [1.29, 1.82) is 0 Å². The molecule has 6 rings (SSSR count). The highest BCUT2D eigenvalue weighted by Crippen LogP contribution is 2.52. The first kappa shape index (κ1) is 41.5. The first-order valence-corrected chi connectivity index (χ1v) is 19.2. The minimum Gasteiger partial charge on any atom is -0.477 e. The summed E-state index contributed by atoms with van der Waals surface area (Å²) < 4.78 is 10.8. The van der Waals surface area contributed by atoms with E-state index in [0.29, 0.717) is 22.5 Å². The van der Waals surface area contributed by atoms with Crippen LogP contribution in [-0.4, -0.2) is 120 Å². The Morgan fingerprint density at radius 2 is 1.57 bits per heavy atom. The summed E-state index contributed by atoms with van der Waals surface area (Å²) in [4.78, 5) is 95.2. The fourth-order valence-electron chi connectivity index (χ4n) is 7.73. The van der Waals surface area contributed by atoms with Crippen molar-refractivity contribution < 1.29 is 53.5 Å². The number of esters is 1. The molecule has 0 radical (unpaired) electrons. The maximum atomic E-state index is 14.1. The van der Waals surface area contributed by atoms with Crippen molar-refractivity contribution >= 4 is 58.8 Å². The maximum absolute atomic E-state index is 14.1. The second-order valence-corrected chi connectivity index (χ2v) is 15.8. The number of aliphatic carboxylic acids is 1. The van der Waals surface area contributed by atoms with Gasteiger partial charge in [0, 0.05) is 60.0 Å². The molecule has 4 aliphatic rings. The van der Waals surface area contributed by atoms with Crippen molar-refractivity contribution in [3.63, 3.8) is 0 Å². The Bertz CT molecular complexity index is 2060. The minimum atomic E-state index is -1.31. The summed E-state index contributed by atoms with van der Waals surface area (Å²) in [5.74, 6) is -4.09. The van der Waals surface area contributed by atoms with Crippen LogP contribution < -0.4 is 5.73 Å². The van der Waals surface area contributed by atoms with Crippen molar-refractivity contribution in [2.75, 3.05) is 19.6 Å². The molecule has 0 aliphatic carbocycles. The molecule has 0 spiro atoms. The Kier molecular flexibility index (Phi) is 12.3. The Balaban J connectivity index is 1.12. The van der Waals surface area contributed by atoms with Gasteiger partial charge in [-0.15, -0.1) is 11.8 Å². The van der Waals surface area contributed by atoms with Crippen LogP contribution in [0, 0.1) is 32.1 Å². The second-order valence-electron chi connectivity index (χ2n) is 14.5. The number of nitrogens with two attached hydrogens (primary N) is 1. The van der Waals surface area contributed by atoms with Gasteiger partial charge in [-0.2, -0.15) is 0 Å². The van der Waals surface area contributed by atoms with Crippen LogP contribution in [0.1, 0.15) is 44.2 Å². The fourth-order valence-corrected chi connectivity index (χ4v) is 9.26. The molecule has 4 N–H and O–H groups in total. The minimum absolute atomic E-state index is 0.00785. The van der Waals surface area contributed by atoms with Gasteiger partial charge in [-0.1, -0.05) is 6.92 Å². The van der Waals surface area contributed by atoms with E-state index in [-0.39, 0.29) is 68.6 Å². The molecule has 3 saturated heterocycles. The Labute approximate surface area is 334 Å². The highest BCUT2D eigenvalue weighted by Gasteiger charge is 2.60. The molecule has 0 unspecified atom stereocenters. The highest BCUT2D eigenvalue weighted by atomic mass is 32.2. The number of non-ortho nitro benzene ring substituents is 2. The lowest BCUT2D eigenvalue weighted by Crippen LogP contribution is -2.63. The van der Waals surface area contributed by atoms with Crippen LogP contribution in [0.2, 0.25) is 0 Å². The standard InChI is InChI=1S/C37H41N7O13S/c1-19-31-30(20(2)45)35(48)42(31)32(36(49)50)33(19)58-26-13-27(41(16-26)37(51)57-18-22-5-9-25(10-6-22)44(54)55)34(47)40-12-11-23(15-40)39-28(38)14-29(46)56-17-21-3-7-24(8-4-21)43(52)53/h3-10,19-20,23,26-27,30-31,45H,11-18H2,1-2H3,(H2,38,39)(H,49,50)/t19-,20-,23+,26+,27+,30-,31-/m1/s1. The van der Waals surface area contributed by atoms with Crippen LogP contribution in [-0.2, 0) is 41.9 Å². The lowest BCUT2D eigenvalue weighted by molar-refractivity contribution is -0.385. The number of fused-ring (bicyclic) bond motifs is 1. The molecule has 4 aliphatic heterocycles. The number of nitro groups is 2. The van der Waals surface area contributed by atoms with Gasteiger partial charge in [0.15, 0.2) is 0 Å². The van der Waals surface area contributed by atoms with E-state index in [1.165, 1.54) is 81.9 Å². The molecule has 0 bridgehead atoms. The number of carboxylic acid groups (broad SMARTS) is 1. The molecule has 20 nitrogen and oxygen atoms in total. The number of benzene rings is 2. The summed E-state index contributed by atoms with van der Waals surface area (Å²) >= 11 is 1.18. The highest BCUT2D eigenvalue weighted by molar-refractivity contribution is 8.03. The number of aliphatic hydroxyl groups is 1. The third kappa shape index (κ3) is 8.74. The average molecular weight is 824 g/mol. The number of thioether (sulfide) groups is 1. The lowest BCUT2D eigenvalue weighted by atomic mass is 9.79. The topological polar surface area (TPSA) is 279 Å². The van der Waals surface area contributed by atoms with Gasteiger partial charge in [0.2, 0.25) is 11.8 Å². The number of β-lactam (4-membered cyclic amide) rings is 1. The number of rotatable bonds is 14. The zero-order valence-corrected chi connectivity index (χ0v) is 32.2. The molecule has 0 saturated carbocycles. The average Bonchev–Trinajstić information content (AvgIpc) is 3.88. The number of aliphatic hydroxyl groups excluding tert-OH is 1. The van der Waals surface area contributed by atoms with Crippen molar-refractivity contribution in [3.8, 4) is 0 Å². The van der Waals surface area contributed by atoms with Gasteiger partial charge < -0.3 is 35.2 Å². The molecule has 2 aromatic carbocycles. The van der Waals surface area contributed by atoms with E-state index in [2.05, 4.69) is 4.99 Å². The number of carbonyl (C=O) groups is 5. The Morgan fingerprint density at radius 3 is 2.12 bits per heavy atom. The Morgan fingerprint density at radius 1 is 0.983 bits per heavy atom. The molecule has 3 fully saturated rings. The fraction of sp³-hybridized carbons (Fsp3) is 0.459. The number of hydrogen-bond donors (Lipinski definition) is 3. The summed E-state index contributed by atoms with van der Waals surface area (Å²) in [5, 5.41) is 41.8. The van der Waals surface area contributed by atoms with E-state index in [1.807, 2.05) is 0 Å². The molecule has 4 heterocycles. The number of likely N-dealkylation sites (tertiary alicyclic amines) is 2. The summed E-state index contributed by atoms with van der Waals surface area (Å²) in [7, 11) is 0. The van der Waals surface area contributed by atoms with Crippen molar-refractivity contribution in [2.45, 2.75) is 75.8 Å². The van der Waals surface area contributed by atoms with Crippen LogP contribution in [0.4, 0.5) is 16.2 Å². The van der Waals surface area contributed by atoms with Crippen LogP contribution in [0.25, 0.3) is 0 Å². The predicted molar refractivity (Wildman–Crippen MR) is 204 cm³/mol. The summed E-state index contributed by atoms with van der Waals surface area (Å²) in [6.07, 6.45) is -1.63. The molecule has 308 valence electrons. The third-order valence-electron chi connectivity index (χ3n) is 10.6. The number of ether oxygens (including phenoxy) is 2. The zero-order chi connectivity index (χ0) is 42.0. The molecule has 58 heavy (non-hydrogen) atoms. The Hall–Kier alpha value is -6.09. The first-order valence-electron chi connectivity index (χ1n) is 18.4. The van der Waals surface area contributed by atoms with Gasteiger partial charge in [0.25, 0.3) is 11.4 Å². The quantitative estimate of drug-likeness (QED) is 0.0617. The number of nitrogens with zero attached hydrogens (tertiary/aromatic N) is 6. The van der Waals surface area contributed by atoms with Crippen LogP contribution in [0.3, 0.4) is 0 Å². The molecule has 0 aromatic heterocycles. The summed E-state index contributed by atoms with van der Waals surface area (Å²) in [5.41, 5.74) is 6.65. The smallest absolute Gasteiger partial charge is 0.410 e. The van der Waals surface area contributed by atoms with Gasteiger partial charge >= 0.3 is 18.0 Å². The SMILES string of the molecule is C[C@@H](O)[C@H]1C(=O)N2C(C(=O)O)=C(S[C@H]3C[C@@H](C(=O)N4CC[C@H](N=C(N)CC(=O)OCc5ccc([N+](=O)[O-])cc5)C4)N(C(=O)OCc4ccc([N+](=O)[O-])cc4)C3)[C@H](C)[C@H]12. The number of nitro benzene ring substituents is 2.